The monoisotopic (exact) mass is 312 g/mol. The maximum absolute atomic E-state index is 3.26. The second-order valence-corrected chi connectivity index (χ2v) is 6.51. The topological polar surface area (TPSA) is 15.3 Å². The third-order valence-corrected chi connectivity index (χ3v) is 4.49. The molecule has 2 aromatic rings. The number of nitrogens with one attached hydrogen (secondary N) is 1. The van der Waals surface area contributed by atoms with Crippen molar-refractivity contribution in [2.45, 2.75) is 11.8 Å². The zero-order chi connectivity index (χ0) is 15.9. The second-order valence-electron chi connectivity index (χ2n) is 5.45. The van der Waals surface area contributed by atoms with E-state index in [9.17, 15) is 0 Å². The van der Waals surface area contributed by atoms with E-state index in [0.717, 1.165) is 5.75 Å². The van der Waals surface area contributed by atoms with E-state index in [1.165, 1.54) is 27.4 Å². The Morgan fingerprint density at radius 1 is 1.09 bits per heavy atom. The summed E-state index contributed by atoms with van der Waals surface area (Å²) in [5.74, 6) is 0.965. The van der Waals surface area contributed by atoms with E-state index in [-0.39, 0.29) is 0 Å². The molecule has 1 N–H and O–H groups in total. The first-order valence-electron chi connectivity index (χ1n) is 7.45. The van der Waals surface area contributed by atoms with Crippen LogP contribution in [0.2, 0.25) is 0 Å². The van der Waals surface area contributed by atoms with Gasteiger partial charge in [-0.25, -0.2) is 0 Å². The van der Waals surface area contributed by atoms with E-state index in [2.05, 4.69) is 85.9 Å². The lowest BCUT2D eigenvalue weighted by Gasteiger charge is -2.11. The van der Waals surface area contributed by atoms with Crippen LogP contribution in [0.4, 0.5) is 11.4 Å². The lowest BCUT2D eigenvalue weighted by molar-refractivity contribution is 1.13. The van der Waals surface area contributed by atoms with Crippen molar-refractivity contribution < 1.29 is 0 Å². The van der Waals surface area contributed by atoms with Crippen molar-refractivity contribution in [3.8, 4) is 0 Å². The van der Waals surface area contributed by atoms with Gasteiger partial charge in [0.2, 0.25) is 0 Å². The Kier molecular flexibility index (Phi) is 5.96. The van der Waals surface area contributed by atoms with Gasteiger partial charge in [-0.05, 0) is 42.3 Å². The third kappa shape index (κ3) is 4.57. The van der Waals surface area contributed by atoms with Crippen LogP contribution >= 0.6 is 11.8 Å². The van der Waals surface area contributed by atoms with Crippen molar-refractivity contribution >= 4 is 29.2 Å². The van der Waals surface area contributed by atoms with Gasteiger partial charge < -0.3 is 10.2 Å². The number of aryl methyl sites for hydroxylation is 1. The van der Waals surface area contributed by atoms with Crippen LogP contribution in [0.1, 0.15) is 11.1 Å². The van der Waals surface area contributed by atoms with Crippen LogP contribution in [0.5, 0.6) is 0 Å². The molecule has 0 bridgehead atoms. The lowest BCUT2D eigenvalue weighted by Crippen LogP contribution is -2.07. The number of rotatable bonds is 6. The van der Waals surface area contributed by atoms with Crippen LogP contribution in [0.3, 0.4) is 0 Å². The molecule has 0 aliphatic rings. The van der Waals surface area contributed by atoms with E-state index in [0.29, 0.717) is 0 Å². The summed E-state index contributed by atoms with van der Waals surface area (Å²) in [4.78, 5) is 3.40. The number of nitrogens with zero attached hydrogens (tertiary/aromatic N) is 1. The molecule has 2 rings (SSSR count). The molecule has 0 atom stereocenters. The molecule has 0 spiro atoms. The summed E-state index contributed by atoms with van der Waals surface area (Å²) in [6.45, 7) is 2.12. The molecule has 0 saturated heterocycles. The number of hydrogen-bond acceptors (Lipinski definition) is 3. The van der Waals surface area contributed by atoms with Crippen molar-refractivity contribution in [1.29, 1.82) is 0 Å². The summed E-state index contributed by atoms with van der Waals surface area (Å²) < 4.78 is 0. The first kappa shape index (κ1) is 16.5. The van der Waals surface area contributed by atoms with Crippen molar-refractivity contribution in [2.24, 2.45) is 0 Å². The first-order valence-corrected chi connectivity index (χ1v) is 8.44. The average Bonchev–Trinajstić information content (AvgIpc) is 2.53. The molecule has 116 valence electrons. The van der Waals surface area contributed by atoms with E-state index in [1.807, 2.05) is 18.8 Å². The van der Waals surface area contributed by atoms with Crippen LogP contribution < -0.4 is 10.2 Å². The summed E-state index contributed by atoms with van der Waals surface area (Å²) >= 11 is 1.85. The molecule has 3 heteroatoms. The van der Waals surface area contributed by atoms with Crippen molar-refractivity contribution in [3.05, 3.63) is 59.7 Å². The van der Waals surface area contributed by atoms with Gasteiger partial charge in [-0.3, -0.25) is 0 Å². The molecule has 22 heavy (non-hydrogen) atoms. The quantitative estimate of drug-likeness (QED) is 0.763. The van der Waals surface area contributed by atoms with E-state index in [1.54, 1.807) is 0 Å². The first-order chi connectivity index (χ1) is 10.6. The molecule has 2 aromatic carbocycles. The summed E-state index contributed by atoms with van der Waals surface area (Å²) in [5, 5.41) is 3.26. The average molecular weight is 312 g/mol. The van der Waals surface area contributed by atoms with Crippen LogP contribution in [-0.2, 0) is 0 Å². The van der Waals surface area contributed by atoms with Crippen molar-refractivity contribution in [1.82, 2.24) is 0 Å². The number of thioether (sulfide) groups is 1. The van der Waals surface area contributed by atoms with Crippen molar-refractivity contribution in [2.75, 3.05) is 37.1 Å². The van der Waals surface area contributed by atoms with Gasteiger partial charge in [-0.1, -0.05) is 30.4 Å². The van der Waals surface area contributed by atoms with Gasteiger partial charge in [-0.15, -0.1) is 11.8 Å². The Hall–Kier alpha value is -1.87. The zero-order valence-corrected chi connectivity index (χ0v) is 14.6. The highest BCUT2D eigenvalue weighted by atomic mass is 32.2. The van der Waals surface area contributed by atoms with Gasteiger partial charge in [0, 0.05) is 43.2 Å². The SMILES string of the molecule is CNc1cc(C)ccc1SC/C=C/c1ccc(N(C)C)cc1. The molecule has 0 aliphatic heterocycles. The van der Waals surface area contributed by atoms with Gasteiger partial charge in [0.05, 0.1) is 0 Å². The van der Waals surface area contributed by atoms with Gasteiger partial charge in [-0.2, -0.15) is 0 Å². The molecule has 0 heterocycles. The zero-order valence-electron chi connectivity index (χ0n) is 13.8. The smallest absolute Gasteiger partial charge is 0.0478 e. The predicted octanol–water partition coefficient (Wildman–Crippen LogP) is 4.91. The molecule has 0 aliphatic carbocycles. The fourth-order valence-corrected chi connectivity index (χ4v) is 3.02. The highest BCUT2D eigenvalue weighted by Gasteiger charge is 2.00. The lowest BCUT2D eigenvalue weighted by atomic mass is 10.2. The predicted molar refractivity (Wildman–Crippen MR) is 101 cm³/mol. The fourth-order valence-electron chi connectivity index (χ4n) is 2.17. The van der Waals surface area contributed by atoms with Gasteiger partial charge in [0.1, 0.15) is 0 Å². The molecular weight excluding hydrogens is 288 g/mol. The van der Waals surface area contributed by atoms with Crippen LogP contribution in [-0.4, -0.2) is 26.9 Å². The Morgan fingerprint density at radius 2 is 1.82 bits per heavy atom. The van der Waals surface area contributed by atoms with Crippen LogP contribution in [0.15, 0.2) is 53.4 Å². The van der Waals surface area contributed by atoms with Gasteiger partial charge in [0.15, 0.2) is 0 Å². The second kappa shape index (κ2) is 7.95. The highest BCUT2D eigenvalue weighted by molar-refractivity contribution is 7.99. The summed E-state index contributed by atoms with van der Waals surface area (Å²) in [7, 11) is 6.09. The number of hydrogen-bond donors (Lipinski definition) is 1. The normalized spacial score (nSPS) is 10.9. The summed E-state index contributed by atoms with van der Waals surface area (Å²) in [6, 6.07) is 15.1. The Morgan fingerprint density at radius 3 is 2.45 bits per heavy atom. The van der Waals surface area contributed by atoms with Crippen LogP contribution in [0.25, 0.3) is 6.08 Å². The summed E-state index contributed by atoms with van der Waals surface area (Å²) in [6.07, 6.45) is 4.40. The maximum atomic E-state index is 3.26. The molecule has 0 unspecified atom stereocenters. The molecule has 0 fully saturated rings. The molecule has 0 saturated carbocycles. The van der Waals surface area contributed by atoms with E-state index < -0.39 is 0 Å². The minimum atomic E-state index is 0.965. The van der Waals surface area contributed by atoms with E-state index >= 15 is 0 Å². The number of benzene rings is 2. The molecule has 0 amide bonds. The molecule has 2 nitrogen and oxygen atoms in total. The largest absolute Gasteiger partial charge is 0.387 e. The van der Waals surface area contributed by atoms with Crippen molar-refractivity contribution in [3.63, 3.8) is 0 Å². The van der Waals surface area contributed by atoms with Gasteiger partial charge in [0.25, 0.3) is 0 Å². The molecule has 0 radical (unpaired) electrons. The van der Waals surface area contributed by atoms with E-state index in [4.69, 9.17) is 0 Å². The minimum Gasteiger partial charge on any atom is -0.387 e. The Labute approximate surface area is 138 Å². The minimum absolute atomic E-state index is 0.965. The third-order valence-electron chi connectivity index (χ3n) is 3.46. The fraction of sp³-hybridized carbons (Fsp3) is 0.263. The Balaban J connectivity index is 1.93. The Bertz CT molecular complexity index is 630. The van der Waals surface area contributed by atoms with Gasteiger partial charge >= 0.3 is 0 Å². The number of anilines is 2. The standard InChI is InChI=1S/C19H24N2S/c1-15-7-12-19(18(14-15)20-2)22-13-5-6-16-8-10-17(11-9-16)21(3)4/h5-12,14,20H,13H2,1-4H3/b6-5+. The van der Waals surface area contributed by atoms with Crippen LogP contribution in [0, 0.1) is 6.92 Å². The maximum Gasteiger partial charge on any atom is 0.0478 e. The summed E-state index contributed by atoms with van der Waals surface area (Å²) in [5.41, 5.74) is 4.95. The molecular formula is C19H24N2S. The molecule has 0 aromatic heterocycles. The highest BCUT2D eigenvalue weighted by Crippen LogP contribution is 2.28.